The van der Waals surface area contributed by atoms with Crippen molar-refractivity contribution in [2.75, 3.05) is 4.90 Å². The Morgan fingerprint density at radius 3 is 2.21 bits per heavy atom. The molecule has 4 aromatic rings. The molecule has 6 nitrogen and oxygen atoms in total. The van der Waals surface area contributed by atoms with Gasteiger partial charge >= 0.3 is 10.1 Å². The van der Waals surface area contributed by atoms with E-state index in [1.54, 1.807) is 24.3 Å². The minimum Gasteiger partial charge on any atom is -0.377 e. The average Bonchev–Trinajstić information content (AvgIpc) is 3.21. The molecule has 1 fully saturated rings. The number of rotatable bonds is 6. The number of nitrogens with zero attached hydrogens (tertiary/aromatic N) is 2. The third-order valence-corrected chi connectivity index (χ3v) is 8.33. The van der Waals surface area contributed by atoms with Gasteiger partial charge in [-0.15, -0.1) is 0 Å². The normalized spacial score (nSPS) is 15.8. The Balaban J connectivity index is 1.58. The smallest absolute Gasteiger partial charge is 0.339 e. The number of hydrogen-bond acceptors (Lipinski definition) is 6. The summed E-state index contributed by atoms with van der Waals surface area (Å²) < 4.78 is 31.6. The standard InChI is InChI=1S/C29H20Cl2N2O4S2/c1-19-12-14-24(15-13-19)39(35,36)37-27-20(16-21(30)18-25(27)31)17-26-28(34)33(23-10-6-3-7-11-23)29(38-26)32-22-8-4-2-5-9-22/h2-18H,1H3/b26-17+,32-29?. The largest absolute Gasteiger partial charge is 0.377 e. The first kappa shape index (κ1) is 27.0. The Hall–Kier alpha value is -3.56. The number of carbonyl (C=O) groups is 1. The van der Waals surface area contributed by atoms with Crippen LogP contribution >= 0.6 is 35.0 Å². The Morgan fingerprint density at radius 1 is 0.897 bits per heavy atom. The molecule has 0 spiro atoms. The summed E-state index contributed by atoms with van der Waals surface area (Å²) in [6.45, 7) is 1.85. The van der Waals surface area contributed by atoms with Crippen LogP contribution in [-0.4, -0.2) is 19.5 Å². The molecule has 0 aliphatic carbocycles. The van der Waals surface area contributed by atoms with E-state index in [1.165, 1.54) is 35.2 Å². The number of thioether (sulfide) groups is 1. The molecule has 0 radical (unpaired) electrons. The fraction of sp³-hybridized carbons (Fsp3) is 0.0345. The van der Waals surface area contributed by atoms with E-state index in [4.69, 9.17) is 27.4 Å². The first-order valence-corrected chi connectivity index (χ1v) is 14.6. The minimum atomic E-state index is -4.22. The quantitative estimate of drug-likeness (QED) is 0.168. The SMILES string of the molecule is Cc1ccc(S(=O)(=O)Oc2c(Cl)cc(Cl)cc2/C=C2/SC(=Nc3ccccc3)N(c3ccccc3)C2=O)cc1. The van der Waals surface area contributed by atoms with Crippen molar-refractivity contribution in [2.45, 2.75) is 11.8 Å². The first-order valence-electron chi connectivity index (χ1n) is 11.6. The molecule has 5 rings (SSSR count). The molecule has 0 aromatic heterocycles. The lowest BCUT2D eigenvalue weighted by atomic mass is 10.2. The molecule has 0 unspecified atom stereocenters. The summed E-state index contributed by atoms with van der Waals surface area (Å²) in [7, 11) is -4.22. The lowest BCUT2D eigenvalue weighted by Crippen LogP contribution is -2.28. The van der Waals surface area contributed by atoms with Gasteiger partial charge in [0.15, 0.2) is 10.9 Å². The van der Waals surface area contributed by atoms with Gasteiger partial charge in [0.1, 0.15) is 4.90 Å². The van der Waals surface area contributed by atoms with E-state index in [9.17, 15) is 13.2 Å². The molecule has 1 saturated heterocycles. The Kier molecular flexibility index (Phi) is 7.81. The van der Waals surface area contributed by atoms with Crippen LogP contribution in [0.3, 0.4) is 0 Å². The zero-order chi connectivity index (χ0) is 27.6. The molecule has 0 saturated carbocycles. The molecule has 10 heteroatoms. The van der Waals surface area contributed by atoms with Gasteiger partial charge in [-0.2, -0.15) is 8.42 Å². The summed E-state index contributed by atoms with van der Waals surface area (Å²) in [4.78, 5) is 20.1. The number of halogens is 2. The van der Waals surface area contributed by atoms with Gasteiger partial charge in [-0.05, 0) is 73.3 Å². The van der Waals surface area contributed by atoms with Crippen molar-refractivity contribution in [3.05, 3.63) is 123 Å². The molecule has 0 bridgehead atoms. The van der Waals surface area contributed by atoms with Crippen LogP contribution in [0.25, 0.3) is 6.08 Å². The number of aliphatic imine (C=N–C) groups is 1. The molecule has 39 heavy (non-hydrogen) atoms. The highest BCUT2D eigenvalue weighted by molar-refractivity contribution is 8.19. The van der Waals surface area contributed by atoms with Crippen molar-refractivity contribution < 1.29 is 17.4 Å². The van der Waals surface area contributed by atoms with E-state index < -0.39 is 10.1 Å². The number of carbonyl (C=O) groups excluding carboxylic acids is 1. The van der Waals surface area contributed by atoms with Crippen molar-refractivity contribution in [2.24, 2.45) is 4.99 Å². The second-order valence-corrected chi connectivity index (χ2v) is 11.9. The van der Waals surface area contributed by atoms with Crippen molar-refractivity contribution in [1.82, 2.24) is 0 Å². The lowest BCUT2D eigenvalue weighted by molar-refractivity contribution is -0.113. The number of amides is 1. The van der Waals surface area contributed by atoms with Crippen LogP contribution in [0.1, 0.15) is 11.1 Å². The van der Waals surface area contributed by atoms with Gasteiger partial charge < -0.3 is 4.18 Å². The molecule has 0 N–H and O–H groups in total. The van der Waals surface area contributed by atoms with Crippen LogP contribution in [-0.2, 0) is 14.9 Å². The third-order valence-electron chi connectivity index (χ3n) is 5.63. The van der Waals surface area contributed by atoms with Crippen LogP contribution in [0.5, 0.6) is 5.75 Å². The van der Waals surface area contributed by atoms with Crippen LogP contribution in [0.4, 0.5) is 11.4 Å². The second-order valence-electron chi connectivity index (χ2n) is 8.47. The molecular formula is C29H20Cl2N2O4S2. The average molecular weight is 596 g/mol. The molecule has 196 valence electrons. The number of para-hydroxylation sites is 2. The maximum Gasteiger partial charge on any atom is 0.339 e. The molecule has 1 aliphatic rings. The van der Waals surface area contributed by atoms with Gasteiger partial charge in [0, 0.05) is 10.6 Å². The summed E-state index contributed by atoms with van der Waals surface area (Å²) in [6, 6.07) is 27.5. The summed E-state index contributed by atoms with van der Waals surface area (Å²) in [5.74, 6) is -0.480. The Bertz CT molecular complexity index is 1710. The van der Waals surface area contributed by atoms with Crippen LogP contribution < -0.4 is 9.08 Å². The van der Waals surface area contributed by atoms with Crippen LogP contribution in [0, 0.1) is 6.92 Å². The van der Waals surface area contributed by atoms with Gasteiger partial charge in [0.05, 0.1) is 21.3 Å². The lowest BCUT2D eigenvalue weighted by Gasteiger charge is -2.15. The van der Waals surface area contributed by atoms with Gasteiger partial charge in [-0.25, -0.2) is 4.99 Å². The van der Waals surface area contributed by atoms with E-state index in [2.05, 4.69) is 4.99 Å². The number of aryl methyl sites for hydroxylation is 1. The van der Waals surface area contributed by atoms with E-state index in [1.807, 2.05) is 55.5 Å². The zero-order valence-corrected chi connectivity index (χ0v) is 23.6. The maximum atomic E-state index is 13.7. The van der Waals surface area contributed by atoms with Crippen LogP contribution in [0.2, 0.25) is 10.0 Å². The second kappa shape index (κ2) is 11.3. The first-order chi connectivity index (χ1) is 18.7. The molecule has 4 aromatic carbocycles. The third kappa shape index (κ3) is 6.04. The van der Waals surface area contributed by atoms with Crippen LogP contribution in [0.15, 0.2) is 112 Å². The highest BCUT2D eigenvalue weighted by Gasteiger charge is 2.35. The predicted octanol–water partition coefficient (Wildman–Crippen LogP) is 7.88. The summed E-state index contributed by atoms with van der Waals surface area (Å²) in [6.07, 6.45) is 1.51. The topological polar surface area (TPSA) is 76.0 Å². The van der Waals surface area contributed by atoms with Crippen molar-refractivity contribution >= 4 is 73.6 Å². The molecular weight excluding hydrogens is 575 g/mol. The van der Waals surface area contributed by atoms with Gasteiger partial charge in [-0.3, -0.25) is 9.69 Å². The zero-order valence-electron chi connectivity index (χ0n) is 20.4. The fourth-order valence-electron chi connectivity index (χ4n) is 3.75. The monoisotopic (exact) mass is 594 g/mol. The maximum absolute atomic E-state index is 13.7. The van der Waals surface area contributed by atoms with Crippen molar-refractivity contribution in [3.8, 4) is 5.75 Å². The highest BCUT2D eigenvalue weighted by Crippen LogP contribution is 2.41. The summed E-state index contributed by atoms with van der Waals surface area (Å²) in [5.41, 5.74) is 2.44. The van der Waals surface area contributed by atoms with Gasteiger partial charge in [-0.1, -0.05) is 77.3 Å². The predicted molar refractivity (Wildman–Crippen MR) is 158 cm³/mol. The van der Waals surface area contributed by atoms with Gasteiger partial charge in [0.25, 0.3) is 5.91 Å². The number of amidine groups is 1. The van der Waals surface area contributed by atoms with Gasteiger partial charge in [0.2, 0.25) is 0 Å². The minimum absolute atomic E-state index is 0.0152. The highest BCUT2D eigenvalue weighted by atomic mass is 35.5. The van der Waals surface area contributed by atoms with E-state index in [0.717, 1.165) is 17.3 Å². The summed E-state index contributed by atoms with van der Waals surface area (Å²) >= 11 is 13.8. The van der Waals surface area contributed by atoms with Crippen molar-refractivity contribution in [3.63, 3.8) is 0 Å². The molecule has 1 aliphatic heterocycles. The van der Waals surface area contributed by atoms with Crippen molar-refractivity contribution in [1.29, 1.82) is 0 Å². The van der Waals surface area contributed by atoms with E-state index in [0.29, 0.717) is 16.5 Å². The van der Waals surface area contributed by atoms with E-state index >= 15 is 0 Å². The Labute approximate surface area is 240 Å². The summed E-state index contributed by atoms with van der Waals surface area (Å²) in [5, 5.41) is 0.672. The van der Waals surface area contributed by atoms with E-state index in [-0.39, 0.29) is 37.1 Å². The number of hydrogen-bond donors (Lipinski definition) is 0. The fourth-order valence-corrected chi connectivity index (χ4v) is 6.30. The molecule has 1 heterocycles. The molecule has 1 amide bonds. The number of benzene rings is 4. The molecule has 0 atom stereocenters. The Morgan fingerprint density at radius 2 is 1.54 bits per heavy atom. The number of anilines is 1.